The van der Waals surface area contributed by atoms with E-state index >= 15 is 0 Å². The van der Waals surface area contributed by atoms with Crippen LogP contribution in [0.15, 0.2) is 41.1 Å². The molecular formula is C19H26N2OS. The maximum atomic E-state index is 9.24. The maximum absolute atomic E-state index is 9.24. The van der Waals surface area contributed by atoms with E-state index in [2.05, 4.69) is 58.2 Å². The molecule has 0 bridgehead atoms. The summed E-state index contributed by atoms with van der Waals surface area (Å²) in [5.41, 5.74) is 3.88. The average Bonchev–Trinajstić information content (AvgIpc) is 3.10. The summed E-state index contributed by atoms with van der Waals surface area (Å²) < 4.78 is 0. The Morgan fingerprint density at radius 3 is 2.83 bits per heavy atom. The van der Waals surface area contributed by atoms with E-state index < -0.39 is 0 Å². The molecule has 0 saturated carbocycles. The number of benzene rings is 1. The minimum absolute atomic E-state index is 0.330. The zero-order valence-electron chi connectivity index (χ0n) is 13.7. The Morgan fingerprint density at radius 1 is 1.30 bits per heavy atom. The molecule has 2 aromatic rings. The van der Waals surface area contributed by atoms with E-state index in [1.54, 1.807) is 11.3 Å². The van der Waals surface area contributed by atoms with Crippen LogP contribution in [0, 0.1) is 5.92 Å². The van der Waals surface area contributed by atoms with Gasteiger partial charge in [0.2, 0.25) is 0 Å². The first-order valence-electron chi connectivity index (χ1n) is 8.45. The minimum Gasteiger partial charge on any atom is -0.396 e. The first kappa shape index (κ1) is 16.5. The first-order chi connectivity index (χ1) is 11.2. The van der Waals surface area contributed by atoms with Crippen LogP contribution in [0.1, 0.15) is 36.9 Å². The van der Waals surface area contributed by atoms with Gasteiger partial charge >= 0.3 is 0 Å². The van der Waals surface area contributed by atoms with Gasteiger partial charge in [-0.15, -0.1) is 0 Å². The Bertz CT molecular complexity index is 591. The van der Waals surface area contributed by atoms with E-state index in [0.29, 0.717) is 18.6 Å². The fourth-order valence-electron chi connectivity index (χ4n) is 3.20. The second-order valence-electron chi connectivity index (χ2n) is 6.53. The molecule has 1 aliphatic rings. The van der Waals surface area contributed by atoms with E-state index in [1.807, 2.05) is 0 Å². The molecule has 0 aliphatic carbocycles. The lowest BCUT2D eigenvalue weighted by Crippen LogP contribution is -2.34. The van der Waals surface area contributed by atoms with Gasteiger partial charge in [0.1, 0.15) is 0 Å². The van der Waals surface area contributed by atoms with Gasteiger partial charge in [0.05, 0.1) is 0 Å². The second kappa shape index (κ2) is 7.95. The van der Waals surface area contributed by atoms with Crippen LogP contribution < -0.4 is 5.32 Å². The number of nitrogens with zero attached hydrogens (tertiary/aromatic N) is 1. The monoisotopic (exact) mass is 330 g/mol. The molecule has 2 heterocycles. The molecule has 23 heavy (non-hydrogen) atoms. The molecule has 1 atom stereocenters. The quantitative estimate of drug-likeness (QED) is 0.836. The SMILES string of the molecule is CC(Nc1cccc(CN2CCC(CO)CC2)c1)c1ccsc1. The van der Waals surface area contributed by atoms with E-state index in [9.17, 15) is 5.11 Å². The van der Waals surface area contributed by atoms with Crippen LogP contribution in [-0.4, -0.2) is 29.7 Å². The highest BCUT2D eigenvalue weighted by molar-refractivity contribution is 7.07. The Labute approximate surface area is 143 Å². The predicted molar refractivity (Wildman–Crippen MR) is 97.9 cm³/mol. The number of thiophene rings is 1. The number of anilines is 1. The molecule has 3 nitrogen and oxygen atoms in total. The van der Waals surface area contributed by atoms with Crippen molar-refractivity contribution in [3.05, 3.63) is 52.2 Å². The lowest BCUT2D eigenvalue weighted by atomic mass is 9.97. The zero-order chi connectivity index (χ0) is 16.1. The molecule has 1 aromatic heterocycles. The maximum Gasteiger partial charge on any atom is 0.0493 e. The standard InChI is InChI=1S/C19H26N2OS/c1-15(18-7-10-23-14-18)20-19-4-2-3-17(11-19)12-21-8-5-16(13-22)6-9-21/h2-4,7,10-11,14-16,20,22H,5-6,8-9,12-13H2,1H3. The highest BCUT2D eigenvalue weighted by Crippen LogP contribution is 2.23. The molecule has 1 unspecified atom stereocenters. The number of nitrogens with one attached hydrogen (secondary N) is 1. The highest BCUT2D eigenvalue weighted by Gasteiger charge is 2.18. The van der Waals surface area contributed by atoms with Crippen molar-refractivity contribution in [1.82, 2.24) is 4.90 Å². The fraction of sp³-hybridized carbons (Fsp3) is 0.474. The Kier molecular flexibility index (Phi) is 5.70. The third-order valence-electron chi connectivity index (χ3n) is 4.72. The van der Waals surface area contributed by atoms with Crippen LogP contribution in [0.2, 0.25) is 0 Å². The van der Waals surface area contributed by atoms with Gasteiger partial charge in [0.15, 0.2) is 0 Å². The number of rotatable bonds is 6. The van der Waals surface area contributed by atoms with Crippen molar-refractivity contribution in [3.63, 3.8) is 0 Å². The minimum atomic E-state index is 0.330. The van der Waals surface area contributed by atoms with E-state index in [-0.39, 0.29) is 0 Å². The molecule has 0 spiro atoms. The van der Waals surface area contributed by atoms with Crippen molar-refractivity contribution in [2.24, 2.45) is 5.92 Å². The molecule has 0 amide bonds. The lowest BCUT2D eigenvalue weighted by molar-refractivity contribution is 0.127. The van der Waals surface area contributed by atoms with Crippen LogP contribution >= 0.6 is 11.3 Å². The number of hydrogen-bond acceptors (Lipinski definition) is 4. The van der Waals surface area contributed by atoms with Crippen LogP contribution in [0.4, 0.5) is 5.69 Å². The summed E-state index contributed by atoms with van der Waals surface area (Å²) in [5, 5.41) is 17.2. The van der Waals surface area contributed by atoms with Crippen molar-refractivity contribution in [2.45, 2.75) is 32.4 Å². The van der Waals surface area contributed by atoms with Crippen LogP contribution in [0.25, 0.3) is 0 Å². The average molecular weight is 330 g/mol. The predicted octanol–water partition coefficient (Wildman–Crippen LogP) is 4.13. The summed E-state index contributed by atoms with van der Waals surface area (Å²) in [6, 6.07) is 11.3. The van der Waals surface area contributed by atoms with Gasteiger partial charge in [-0.05, 0) is 78.9 Å². The number of aliphatic hydroxyl groups is 1. The number of piperidine rings is 1. The molecular weight excluding hydrogens is 304 g/mol. The summed E-state index contributed by atoms with van der Waals surface area (Å²) >= 11 is 1.74. The summed E-state index contributed by atoms with van der Waals surface area (Å²) in [5.74, 6) is 0.505. The van der Waals surface area contributed by atoms with Gasteiger partial charge in [-0.25, -0.2) is 0 Å². The van der Waals surface area contributed by atoms with E-state index in [4.69, 9.17) is 0 Å². The molecule has 1 fully saturated rings. The second-order valence-corrected chi connectivity index (χ2v) is 7.31. The van der Waals surface area contributed by atoms with Gasteiger partial charge in [-0.1, -0.05) is 12.1 Å². The molecule has 1 aromatic carbocycles. The Hall–Kier alpha value is -1.36. The fourth-order valence-corrected chi connectivity index (χ4v) is 3.95. The van der Waals surface area contributed by atoms with Gasteiger partial charge < -0.3 is 10.4 Å². The smallest absolute Gasteiger partial charge is 0.0493 e. The highest BCUT2D eigenvalue weighted by atomic mass is 32.1. The summed E-state index contributed by atoms with van der Waals surface area (Å²) in [4.78, 5) is 2.49. The molecule has 1 saturated heterocycles. The Morgan fingerprint density at radius 2 is 2.13 bits per heavy atom. The van der Waals surface area contributed by atoms with Gasteiger partial charge in [0, 0.05) is 24.9 Å². The molecule has 3 rings (SSSR count). The third kappa shape index (κ3) is 4.56. The van der Waals surface area contributed by atoms with Crippen LogP contribution in [0.5, 0.6) is 0 Å². The van der Waals surface area contributed by atoms with Crippen LogP contribution in [0.3, 0.4) is 0 Å². The number of likely N-dealkylation sites (tertiary alicyclic amines) is 1. The third-order valence-corrected chi connectivity index (χ3v) is 5.43. The lowest BCUT2D eigenvalue weighted by Gasteiger charge is -2.31. The van der Waals surface area contributed by atoms with Crippen molar-refractivity contribution in [2.75, 3.05) is 25.0 Å². The topological polar surface area (TPSA) is 35.5 Å². The van der Waals surface area contributed by atoms with Gasteiger partial charge in [0.25, 0.3) is 0 Å². The summed E-state index contributed by atoms with van der Waals surface area (Å²) in [6.45, 7) is 5.73. The van der Waals surface area contributed by atoms with Gasteiger partial charge in [-0.3, -0.25) is 4.90 Å². The largest absolute Gasteiger partial charge is 0.396 e. The molecule has 4 heteroatoms. The van der Waals surface area contributed by atoms with Crippen LogP contribution in [-0.2, 0) is 6.54 Å². The molecule has 124 valence electrons. The van der Waals surface area contributed by atoms with Crippen molar-refractivity contribution in [3.8, 4) is 0 Å². The first-order valence-corrected chi connectivity index (χ1v) is 9.39. The Balaban J connectivity index is 1.57. The van der Waals surface area contributed by atoms with Crippen molar-refractivity contribution in [1.29, 1.82) is 0 Å². The summed E-state index contributed by atoms with van der Waals surface area (Å²) in [7, 11) is 0. The van der Waals surface area contributed by atoms with E-state index in [1.165, 1.54) is 16.8 Å². The van der Waals surface area contributed by atoms with Crippen molar-refractivity contribution < 1.29 is 5.11 Å². The molecule has 2 N–H and O–H groups in total. The summed E-state index contributed by atoms with van der Waals surface area (Å²) in [6.07, 6.45) is 2.23. The molecule has 0 radical (unpaired) electrons. The van der Waals surface area contributed by atoms with E-state index in [0.717, 1.165) is 32.5 Å². The van der Waals surface area contributed by atoms with Crippen molar-refractivity contribution >= 4 is 17.0 Å². The normalized spacial score (nSPS) is 18.0. The van der Waals surface area contributed by atoms with Gasteiger partial charge in [-0.2, -0.15) is 11.3 Å². The zero-order valence-corrected chi connectivity index (χ0v) is 14.6. The number of aliphatic hydroxyl groups excluding tert-OH is 1. The number of hydrogen-bond donors (Lipinski definition) is 2. The molecule has 1 aliphatic heterocycles.